The third kappa shape index (κ3) is 3.85. The van der Waals surface area contributed by atoms with Gasteiger partial charge < -0.3 is 9.16 Å². The molecule has 1 aliphatic carbocycles. The zero-order valence-electron chi connectivity index (χ0n) is 12.3. The average Bonchev–Trinajstić information content (AvgIpc) is 2.25. The van der Waals surface area contributed by atoms with Gasteiger partial charge in [-0.05, 0) is 43.5 Å². The Hall–Kier alpha value is -0.283. The molecule has 0 saturated carbocycles. The van der Waals surface area contributed by atoms with E-state index in [4.69, 9.17) is 9.16 Å². The van der Waals surface area contributed by atoms with Crippen LogP contribution in [-0.4, -0.2) is 22.0 Å². The van der Waals surface area contributed by atoms with Crippen LogP contribution in [0.5, 0.6) is 0 Å². The first kappa shape index (κ1) is 14.8. The fourth-order valence-electron chi connectivity index (χ4n) is 1.86. The highest BCUT2D eigenvalue weighted by molar-refractivity contribution is 6.74. The van der Waals surface area contributed by atoms with Crippen LogP contribution in [0, 0.1) is 5.92 Å². The lowest BCUT2D eigenvalue weighted by atomic mass is 9.95. The van der Waals surface area contributed by atoms with Crippen molar-refractivity contribution >= 4 is 8.32 Å². The highest BCUT2D eigenvalue weighted by Gasteiger charge is 2.38. The van der Waals surface area contributed by atoms with E-state index in [-0.39, 0.29) is 0 Å². The van der Waals surface area contributed by atoms with Crippen LogP contribution in [-0.2, 0) is 9.16 Å². The summed E-state index contributed by atoms with van der Waals surface area (Å²) in [6.07, 6.45) is 5.84. The molecule has 1 unspecified atom stereocenters. The van der Waals surface area contributed by atoms with Crippen molar-refractivity contribution in [3.63, 3.8) is 0 Å². The normalized spacial score (nSPS) is 22.2. The van der Waals surface area contributed by atoms with E-state index in [0.717, 1.165) is 18.8 Å². The third-order valence-electron chi connectivity index (χ3n) is 4.19. The van der Waals surface area contributed by atoms with E-state index in [1.165, 1.54) is 12.8 Å². The second-order valence-electron chi connectivity index (χ2n) is 6.51. The van der Waals surface area contributed by atoms with Crippen molar-refractivity contribution in [2.45, 2.75) is 58.2 Å². The summed E-state index contributed by atoms with van der Waals surface area (Å²) in [5.41, 5.74) is 0. The predicted octanol–water partition coefficient (Wildman–Crippen LogP) is 4.34. The van der Waals surface area contributed by atoms with Crippen LogP contribution >= 0.6 is 0 Å². The molecule has 0 aromatic carbocycles. The van der Waals surface area contributed by atoms with Gasteiger partial charge in [-0.1, -0.05) is 20.8 Å². The van der Waals surface area contributed by atoms with Gasteiger partial charge in [-0.2, -0.15) is 0 Å². The molecule has 0 fully saturated rings. The van der Waals surface area contributed by atoms with E-state index in [1.54, 1.807) is 7.11 Å². The van der Waals surface area contributed by atoms with Gasteiger partial charge in [0.25, 0.3) is 0 Å². The molecule has 1 atom stereocenters. The zero-order valence-corrected chi connectivity index (χ0v) is 13.3. The molecule has 17 heavy (non-hydrogen) atoms. The van der Waals surface area contributed by atoms with Gasteiger partial charge in [0.15, 0.2) is 8.32 Å². The lowest BCUT2D eigenvalue weighted by molar-refractivity contribution is 0.163. The first-order valence-corrected chi connectivity index (χ1v) is 9.57. The highest BCUT2D eigenvalue weighted by Crippen LogP contribution is 2.37. The molecule has 0 radical (unpaired) electrons. The topological polar surface area (TPSA) is 18.5 Å². The lowest BCUT2D eigenvalue weighted by Crippen LogP contribution is -2.42. The summed E-state index contributed by atoms with van der Waals surface area (Å²) in [4.78, 5) is 0. The number of rotatable bonds is 4. The van der Waals surface area contributed by atoms with Crippen molar-refractivity contribution < 1.29 is 9.16 Å². The van der Waals surface area contributed by atoms with Crippen molar-refractivity contribution in [1.82, 2.24) is 0 Å². The second kappa shape index (κ2) is 5.57. The second-order valence-corrected chi connectivity index (χ2v) is 11.3. The SMILES string of the molecule is COC1=CCCCC1CO[Si](C)(C)C(C)(C)C. The van der Waals surface area contributed by atoms with E-state index in [2.05, 4.69) is 39.9 Å². The van der Waals surface area contributed by atoms with Crippen LogP contribution in [0.25, 0.3) is 0 Å². The smallest absolute Gasteiger partial charge is 0.192 e. The van der Waals surface area contributed by atoms with Crippen LogP contribution < -0.4 is 0 Å². The summed E-state index contributed by atoms with van der Waals surface area (Å²) in [5.74, 6) is 1.61. The van der Waals surface area contributed by atoms with Crippen molar-refractivity contribution in [2.75, 3.05) is 13.7 Å². The largest absolute Gasteiger partial charge is 0.501 e. The van der Waals surface area contributed by atoms with Gasteiger partial charge in [0.2, 0.25) is 0 Å². The predicted molar refractivity (Wildman–Crippen MR) is 75.6 cm³/mol. The molecule has 0 spiro atoms. The van der Waals surface area contributed by atoms with Crippen LogP contribution in [0.3, 0.4) is 0 Å². The molecule has 0 bridgehead atoms. The van der Waals surface area contributed by atoms with Gasteiger partial charge in [-0.15, -0.1) is 0 Å². The van der Waals surface area contributed by atoms with Gasteiger partial charge in [0.1, 0.15) is 0 Å². The number of hydrogen-bond donors (Lipinski definition) is 0. The maximum absolute atomic E-state index is 6.28. The molecule has 3 heteroatoms. The summed E-state index contributed by atoms with van der Waals surface area (Å²) < 4.78 is 11.7. The fourth-order valence-corrected chi connectivity index (χ4v) is 2.91. The molecule has 0 N–H and O–H groups in total. The van der Waals surface area contributed by atoms with Gasteiger partial charge in [-0.25, -0.2) is 0 Å². The minimum atomic E-state index is -1.61. The quantitative estimate of drug-likeness (QED) is 0.697. The molecule has 0 amide bonds. The maximum atomic E-state index is 6.28. The molecule has 100 valence electrons. The van der Waals surface area contributed by atoms with E-state index in [9.17, 15) is 0 Å². The van der Waals surface area contributed by atoms with Gasteiger partial charge in [0.05, 0.1) is 12.9 Å². The van der Waals surface area contributed by atoms with E-state index in [0.29, 0.717) is 11.0 Å². The van der Waals surface area contributed by atoms with Crippen molar-refractivity contribution in [2.24, 2.45) is 5.92 Å². The Morgan fingerprint density at radius 1 is 1.35 bits per heavy atom. The highest BCUT2D eigenvalue weighted by atomic mass is 28.4. The average molecular weight is 256 g/mol. The summed E-state index contributed by atoms with van der Waals surface area (Å²) in [7, 11) is 0.160. The minimum absolute atomic E-state index is 0.290. The first-order valence-electron chi connectivity index (χ1n) is 6.66. The molecule has 0 heterocycles. The van der Waals surface area contributed by atoms with E-state index in [1.807, 2.05) is 0 Å². The standard InChI is InChI=1S/C14H28O2Si/c1-14(2,3)17(5,6)16-11-12-9-7-8-10-13(12)15-4/h10,12H,7-9,11H2,1-6H3. The Balaban J connectivity index is 2.56. The number of allylic oxidation sites excluding steroid dienone is 1. The van der Waals surface area contributed by atoms with Crippen LogP contribution in [0.15, 0.2) is 11.8 Å². The van der Waals surface area contributed by atoms with Crippen LogP contribution in [0.2, 0.25) is 18.1 Å². The summed E-state index contributed by atoms with van der Waals surface area (Å²) in [5, 5.41) is 0.290. The first-order chi connectivity index (χ1) is 7.78. The zero-order chi connectivity index (χ0) is 13.1. The summed E-state index contributed by atoms with van der Waals surface area (Å²) in [6.45, 7) is 12.3. The Kier molecular flexibility index (Phi) is 4.84. The monoisotopic (exact) mass is 256 g/mol. The molecular weight excluding hydrogens is 228 g/mol. The Bertz CT molecular complexity index is 276. The van der Waals surface area contributed by atoms with Crippen molar-refractivity contribution in [3.8, 4) is 0 Å². The molecular formula is C14H28O2Si. The van der Waals surface area contributed by atoms with E-state index < -0.39 is 8.32 Å². The molecule has 1 aliphatic rings. The minimum Gasteiger partial charge on any atom is -0.501 e. The molecule has 2 nitrogen and oxygen atoms in total. The fraction of sp³-hybridized carbons (Fsp3) is 0.857. The Morgan fingerprint density at radius 2 is 2.00 bits per heavy atom. The van der Waals surface area contributed by atoms with Crippen LogP contribution in [0.4, 0.5) is 0 Å². The number of hydrogen-bond acceptors (Lipinski definition) is 2. The van der Waals surface area contributed by atoms with E-state index >= 15 is 0 Å². The maximum Gasteiger partial charge on any atom is 0.192 e. The lowest BCUT2D eigenvalue weighted by Gasteiger charge is -2.37. The summed E-state index contributed by atoms with van der Waals surface area (Å²) in [6, 6.07) is 0. The van der Waals surface area contributed by atoms with Gasteiger partial charge in [-0.3, -0.25) is 0 Å². The molecule has 0 aromatic heterocycles. The van der Waals surface area contributed by atoms with Gasteiger partial charge >= 0.3 is 0 Å². The van der Waals surface area contributed by atoms with Gasteiger partial charge in [0, 0.05) is 12.5 Å². The molecule has 0 aromatic rings. The van der Waals surface area contributed by atoms with Crippen molar-refractivity contribution in [3.05, 3.63) is 11.8 Å². The third-order valence-corrected chi connectivity index (χ3v) is 8.69. The summed E-state index contributed by atoms with van der Waals surface area (Å²) >= 11 is 0. The molecule has 0 aliphatic heterocycles. The van der Waals surface area contributed by atoms with Crippen molar-refractivity contribution in [1.29, 1.82) is 0 Å². The molecule has 0 saturated heterocycles. The Labute approximate surface area is 108 Å². The van der Waals surface area contributed by atoms with Crippen LogP contribution in [0.1, 0.15) is 40.0 Å². The molecule has 1 rings (SSSR count). The number of ether oxygens (including phenoxy) is 1. The Morgan fingerprint density at radius 3 is 2.53 bits per heavy atom. The number of methoxy groups -OCH3 is 1.